The van der Waals surface area contributed by atoms with Crippen molar-refractivity contribution in [3.05, 3.63) is 34.9 Å². The van der Waals surface area contributed by atoms with Gasteiger partial charge in [0.25, 0.3) is 0 Å². The summed E-state index contributed by atoms with van der Waals surface area (Å²) in [5.74, 6) is -0.255. The van der Waals surface area contributed by atoms with E-state index in [-0.39, 0.29) is 12.0 Å². The van der Waals surface area contributed by atoms with Gasteiger partial charge in [0.15, 0.2) is 0 Å². The number of nitrogens with zero attached hydrogens (tertiary/aromatic N) is 1. The van der Waals surface area contributed by atoms with Crippen LogP contribution in [0.1, 0.15) is 51.5 Å². The molecule has 0 saturated carbocycles. The lowest BCUT2D eigenvalue weighted by molar-refractivity contribution is -0.00445. The van der Waals surface area contributed by atoms with Gasteiger partial charge in [0.1, 0.15) is 11.3 Å². The molecule has 1 atom stereocenters. The lowest BCUT2D eigenvalue weighted by Crippen LogP contribution is -2.48. The molecule has 26 heavy (non-hydrogen) atoms. The molecule has 0 spiro atoms. The number of nitrogens with one attached hydrogen (secondary N) is 1. The molecule has 1 N–H and O–H groups in total. The Balaban J connectivity index is 2.11. The van der Waals surface area contributed by atoms with Crippen molar-refractivity contribution in [1.82, 2.24) is 10.2 Å². The maximum Gasteiger partial charge on any atom is 0.410 e. The van der Waals surface area contributed by atoms with Gasteiger partial charge in [-0.05, 0) is 71.3 Å². The fourth-order valence-corrected chi connectivity index (χ4v) is 3.67. The number of carbonyl (C=O) groups is 1. The number of alkyl halides is 1. The number of carbonyl (C=O) groups excluding carboxylic acids is 1. The maximum atomic E-state index is 15.9. The third-order valence-electron chi connectivity index (χ3n) is 4.80. The summed E-state index contributed by atoms with van der Waals surface area (Å²) in [5.41, 5.74) is -0.988. The third kappa shape index (κ3) is 5.58. The van der Waals surface area contributed by atoms with E-state index < -0.39 is 11.3 Å². The van der Waals surface area contributed by atoms with Gasteiger partial charge in [-0.2, -0.15) is 0 Å². The largest absolute Gasteiger partial charge is 0.444 e. The van der Waals surface area contributed by atoms with Crippen LogP contribution in [0.4, 0.5) is 9.18 Å². The molecule has 1 amide bonds. The Morgan fingerprint density at radius 2 is 2.04 bits per heavy atom. The minimum atomic E-state index is -1.36. The summed E-state index contributed by atoms with van der Waals surface area (Å²) in [4.78, 5) is 13.8. The van der Waals surface area contributed by atoms with E-state index in [0.29, 0.717) is 37.4 Å². The summed E-state index contributed by atoms with van der Waals surface area (Å²) in [6.45, 7) is 6.95. The number of likely N-dealkylation sites (tertiary alicyclic amines) is 1. The van der Waals surface area contributed by atoms with Crippen LogP contribution in [0.3, 0.4) is 0 Å². The third-order valence-corrected chi connectivity index (χ3v) is 5.04. The Bertz CT molecular complexity index is 610. The molecule has 1 unspecified atom stereocenters. The predicted octanol–water partition coefficient (Wildman–Crippen LogP) is 4.77. The van der Waals surface area contributed by atoms with E-state index in [4.69, 9.17) is 16.3 Å². The van der Waals surface area contributed by atoms with E-state index in [1.807, 2.05) is 46.0 Å². The van der Waals surface area contributed by atoms with Crippen LogP contribution < -0.4 is 5.32 Å². The first kappa shape index (κ1) is 21.0. The predicted molar refractivity (Wildman–Crippen MR) is 104 cm³/mol. The summed E-state index contributed by atoms with van der Waals surface area (Å²) >= 11 is 6.13. The SMILES string of the molecule is CNCCC(c1cccc(Cl)c1)C1(F)CCN(C(=O)OC(C)(C)C)CC1. The molecule has 146 valence electrons. The lowest BCUT2D eigenvalue weighted by Gasteiger charge is -2.41. The van der Waals surface area contributed by atoms with Crippen molar-refractivity contribution in [1.29, 1.82) is 0 Å². The van der Waals surface area contributed by atoms with Gasteiger partial charge in [0, 0.05) is 24.0 Å². The molecule has 6 heteroatoms. The number of hydrogen-bond donors (Lipinski definition) is 1. The fraction of sp³-hybridized carbons (Fsp3) is 0.650. The molecule has 1 aromatic rings. The molecule has 1 fully saturated rings. The van der Waals surface area contributed by atoms with Gasteiger partial charge in [-0.3, -0.25) is 0 Å². The molecule has 0 radical (unpaired) electrons. The van der Waals surface area contributed by atoms with E-state index >= 15 is 4.39 Å². The highest BCUT2D eigenvalue weighted by molar-refractivity contribution is 6.30. The van der Waals surface area contributed by atoms with Crippen LogP contribution in [0, 0.1) is 0 Å². The number of amides is 1. The van der Waals surface area contributed by atoms with Crippen molar-refractivity contribution < 1.29 is 13.9 Å². The molecule has 2 rings (SSSR count). The molecule has 1 aromatic carbocycles. The second-order valence-corrected chi connectivity index (χ2v) is 8.44. The van der Waals surface area contributed by atoms with Crippen molar-refractivity contribution in [2.45, 2.75) is 57.2 Å². The Morgan fingerprint density at radius 1 is 1.38 bits per heavy atom. The first-order valence-corrected chi connectivity index (χ1v) is 9.59. The van der Waals surface area contributed by atoms with Gasteiger partial charge in [-0.1, -0.05) is 23.7 Å². The normalized spacial score (nSPS) is 18.5. The molecule has 1 heterocycles. The Morgan fingerprint density at radius 3 is 2.58 bits per heavy atom. The van der Waals surface area contributed by atoms with Crippen molar-refractivity contribution in [3.8, 4) is 0 Å². The Labute approximate surface area is 161 Å². The smallest absolute Gasteiger partial charge is 0.410 e. The lowest BCUT2D eigenvalue weighted by atomic mass is 9.75. The van der Waals surface area contributed by atoms with Gasteiger partial charge in [-0.25, -0.2) is 9.18 Å². The van der Waals surface area contributed by atoms with Gasteiger partial charge in [0.2, 0.25) is 0 Å². The van der Waals surface area contributed by atoms with Crippen LogP contribution in [0.5, 0.6) is 0 Å². The molecule has 4 nitrogen and oxygen atoms in total. The average molecular weight is 385 g/mol. The number of rotatable bonds is 5. The highest BCUT2D eigenvalue weighted by Gasteiger charge is 2.43. The summed E-state index contributed by atoms with van der Waals surface area (Å²) in [6, 6.07) is 7.46. The van der Waals surface area contributed by atoms with E-state index in [1.54, 1.807) is 11.0 Å². The van der Waals surface area contributed by atoms with Crippen LogP contribution in [0.25, 0.3) is 0 Å². The standard InChI is InChI=1S/C20H30ClFN2O2/c1-19(2,3)26-18(25)24-12-9-20(22,10-13-24)17(8-11-23-4)15-6-5-7-16(21)14-15/h5-7,14,17,23H,8-13H2,1-4H3. The monoisotopic (exact) mass is 384 g/mol. The van der Waals surface area contributed by atoms with Gasteiger partial charge < -0.3 is 15.0 Å². The van der Waals surface area contributed by atoms with Crippen molar-refractivity contribution in [2.75, 3.05) is 26.7 Å². The number of benzene rings is 1. The van der Waals surface area contributed by atoms with E-state index in [0.717, 1.165) is 12.1 Å². The topological polar surface area (TPSA) is 41.6 Å². The molecule has 0 aromatic heterocycles. The molecular weight excluding hydrogens is 355 g/mol. The Kier molecular flexibility index (Phi) is 6.92. The minimum Gasteiger partial charge on any atom is -0.444 e. The zero-order valence-corrected chi connectivity index (χ0v) is 16.9. The molecule has 0 aliphatic carbocycles. The second-order valence-electron chi connectivity index (χ2n) is 8.00. The average Bonchev–Trinajstić information content (AvgIpc) is 2.54. The highest BCUT2D eigenvalue weighted by atomic mass is 35.5. The van der Waals surface area contributed by atoms with Crippen molar-refractivity contribution in [3.63, 3.8) is 0 Å². The van der Waals surface area contributed by atoms with Gasteiger partial charge in [0.05, 0.1) is 0 Å². The summed E-state index contributed by atoms with van der Waals surface area (Å²) in [6.07, 6.45) is 0.911. The number of piperidine rings is 1. The number of halogens is 2. The van der Waals surface area contributed by atoms with Crippen molar-refractivity contribution in [2.24, 2.45) is 0 Å². The summed E-state index contributed by atoms with van der Waals surface area (Å²) < 4.78 is 21.3. The van der Waals surface area contributed by atoms with Gasteiger partial charge >= 0.3 is 6.09 Å². The first-order valence-electron chi connectivity index (χ1n) is 9.21. The zero-order chi connectivity index (χ0) is 19.4. The van der Waals surface area contributed by atoms with Crippen LogP contribution in [-0.2, 0) is 4.74 Å². The first-order chi connectivity index (χ1) is 12.1. The fourth-order valence-electron chi connectivity index (χ4n) is 3.47. The number of hydrogen-bond acceptors (Lipinski definition) is 3. The molecular formula is C20H30ClFN2O2. The molecule has 0 bridgehead atoms. The summed E-state index contributed by atoms with van der Waals surface area (Å²) in [5, 5.41) is 3.72. The molecule has 1 aliphatic heterocycles. The van der Waals surface area contributed by atoms with Crippen molar-refractivity contribution >= 4 is 17.7 Å². The van der Waals surface area contributed by atoms with Crippen LogP contribution in [0.2, 0.25) is 5.02 Å². The summed E-state index contributed by atoms with van der Waals surface area (Å²) in [7, 11) is 1.87. The van der Waals surface area contributed by atoms with Crippen LogP contribution in [0.15, 0.2) is 24.3 Å². The quantitative estimate of drug-likeness (QED) is 0.794. The second kappa shape index (κ2) is 8.57. The zero-order valence-electron chi connectivity index (χ0n) is 16.1. The van der Waals surface area contributed by atoms with E-state index in [1.165, 1.54) is 0 Å². The Hall–Kier alpha value is -1.33. The van der Waals surface area contributed by atoms with Gasteiger partial charge in [-0.15, -0.1) is 0 Å². The molecule has 1 saturated heterocycles. The highest BCUT2D eigenvalue weighted by Crippen LogP contribution is 2.42. The maximum absolute atomic E-state index is 15.9. The van der Waals surface area contributed by atoms with E-state index in [2.05, 4.69) is 5.32 Å². The minimum absolute atomic E-state index is 0.255. The molecule has 1 aliphatic rings. The number of ether oxygens (including phenoxy) is 1. The van der Waals surface area contributed by atoms with E-state index in [9.17, 15) is 4.79 Å². The van der Waals surface area contributed by atoms with Crippen LogP contribution >= 0.6 is 11.6 Å². The van der Waals surface area contributed by atoms with Crippen LogP contribution in [-0.4, -0.2) is 48.9 Å².